The van der Waals surface area contributed by atoms with Crippen molar-refractivity contribution >= 4 is 5.91 Å². The first-order valence-electron chi connectivity index (χ1n) is 6.17. The summed E-state index contributed by atoms with van der Waals surface area (Å²) >= 11 is 0. The summed E-state index contributed by atoms with van der Waals surface area (Å²) in [6, 6.07) is 1.84. The lowest BCUT2D eigenvalue weighted by molar-refractivity contribution is 0.0748. The number of rotatable bonds is 6. The molecule has 0 aliphatic heterocycles. The minimum absolute atomic E-state index is 0.0275. The fourth-order valence-electron chi connectivity index (χ4n) is 1.86. The van der Waals surface area contributed by atoms with Crippen molar-refractivity contribution in [3.63, 3.8) is 0 Å². The predicted octanol–water partition coefficient (Wildman–Crippen LogP) is 1.02. The molecule has 0 fully saturated rings. The fraction of sp³-hybridized carbons (Fsp3) is 0.667. The molecular weight excluding hydrogens is 216 g/mol. The van der Waals surface area contributed by atoms with Crippen LogP contribution in [0.1, 0.15) is 36.5 Å². The van der Waals surface area contributed by atoms with Crippen molar-refractivity contribution in [2.45, 2.75) is 33.7 Å². The molecule has 0 saturated heterocycles. The van der Waals surface area contributed by atoms with Crippen molar-refractivity contribution in [3.8, 4) is 0 Å². The van der Waals surface area contributed by atoms with E-state index in [9.17, 15) is 4.79 Å². The third-order valence-electron chi connectivity index (χ3n) is 2.60. The van der Waals surface area contributed by atoms with Crippen LogP contribution in [0.15, 0.2) is 6.07 Å². The number of nitrogens with zero attached hydrogens (tertiary/aromatic N) is 3. The Bertz CT molecular complexity index is 367. The largest absolute Gasteiger partial charge is 0.336 e. The second-order valence-corrected chi connectivity index (χ2v) is 4.07. The Labute approximate surface area is 103 Å². The maximum atomic E-state index is 12.3. The molecule has 2 N–H and O–H groups in total. The van der Waals surface area contributed by atoms with E-state index in [1.807, 2.05) is 19.9 Å². The lowest BCUT2D eigenvalue weighted by Gasteiger charge is -2.21. The summed E-state index contributed by atoms with van der Waals surface area (Å²) in [5, 5.41) is 4.29. The van der Waals surface area contributed by atoms with Gasteiger partial charge >= 0.3 is 0 Å². The van der Waals surface area contributed by atoms with Gasteiger partial charge in [0.15, 0.2) is 0 Å². The number of carbonyl (C=O) groups excluding carboxylic acids is 1. The third-order valence-corrected chi connectivity index (χ3v) is 2.60. The van der Waals surface area contributed by atoms with Gasteiger partial charge in [-0.15, -0.1) is 0 Å². The highest BCUT2D eigenvalue weighted by atomic mass is 16.2. The number of nitrogens with two attached hydrogens (primary N) is 1. The van der Waals surface area contributed by atoms with Gasteiger partial charge < -0.3 is 10.6 Å². The Morgan fingerprint density at radius 2 is 2.18 bits per heavy atom. The minimum atomic E-state index is 0.0275. The number of amides is 1. The van der Waals surface area contributed by atoms with E-state index in [4.69, 9.17) is 5.73 Å². The molecule has 1 rings (SSSR count). The van der Waals surface area contributed by atoms with E-state index in [1.165, 1.54) is 0 Å². The molecule has 0 atom stereocenters. The highest BCUT2D eigenvalue weighted by molar-refractivity contribution is 5.92. The first-order chi connectivity index (χ1) is 8.13. The molecule has 96 valence electrons. The van der Waals surface area contributed by atoms with Gasteiger partial charge in [-0.3, -0.25) is 9.48 Å². The van der Waals surface area contributed by atoms with Crippen LogP contribution < -0.4 is 5.73 Å². The van der Waals surface area contributed by atoms with Gasteiger partial charge in [0.2, 0.25) is 0 Å². The van der Waals surface area contributed by atoms with E-state index in [1.54, 1.807) is 9.58 Å². The van der Waals surface area contributed by atoms with Crippen LogP contribution in [0.5, 0.6) is 0 Å². The predicted molar refractivity (Wildman–Crippen MR) is 67.9 cm³/mol. The maximum Gasteiger partial charge on any atom is 0.272 e. The van der Waals surface area contributed by atoms with Crippen LogP contribution in [0.4, 0.5) is 0 Å². The topological polar surface area (TPSA) is 64.2 Å². The molecule has 1 heterocycles. The van der Waals surface area contributed by atoms with E-state index < -0.39 is 0 Å². The first-order valence-corrected chi connectivity index (χ1v) is 6.17. The summed E-state index contributed by atoms with van der Waals surface area (Å²) in [4.78, 5) is 14.1. The standard InChI is InChI=1S/C12H22N4O/c1-4-7-15(8-6-13)12(17)11-9-10(3)14-16(11)5-2/h9H,4-8,13H2,1-3H3. The molecule has 0 bridgehead atoms. The van der Waals surface area contributed by atoms with E-state index in [0.29, 0.717) is 25.3 Å². The Hall–Kier alpha value is -1.36. The van der Waals surface area contributed by atoms with Gasteiger partial charge in [-0.1, -0.05) is 6.92 Å². The summed E-state index contributed by atoms with van der Waals surface area (Å²) < 4.78 is 1.75. The van der Waals surface area contributed by atoms with Crippen molar-refractivity contribution in [2.24, 2.45) is 5.73 Å². The molecule has 5 heteroatoms. The lowest BCUT2D eigenvalue weighted by atomic mass is 10.3. The summed E-state index contributed by atoms with van der Waals surface area (Å²) in [5.41, 5.74) is 7.07. The zero-order valence-corrected chi connectivity index (χ0v) is 10.9. The van der Waals surface area contributed by atoms with Crippen LogP contribution >= 0.6 is 0 Å². The third kappa shape index (κ3) is 3.30. The van der Waals surface area contributed by atoms with Gasteiger partial charge in [0.25, 0.3) is 5.91 Å². The van der Waals surface area contributed by atoms with E-state index in [2.05, 4.69) is 12.0 Å². The average molecular weight is 238 g/mol. The van der Waals surface area contributed by atoms with E-state index in [0.717, 1.165) is 18.7 Å². The van der Waals surface area contributed by atoms with Gasteiger partial charge in [-0.2, -0.15) is 5.10 Å². The molecule has 0 aliphatic rings. The Balaban J connectivity index is 2.91. The Kier molecular flexibility index (Phi) is 5.15. The van der Waals surface area contributed by atoms with Gasteiger partial charge in [0.05, 0.1) is 5.69 Å². The van der Waals surface area contributed by atoms with Crippen molar-refractivity contribution in [1.29, 1.82) is 0 Å². The monoisotopic (exact) mass is 238 g/mol. The van der Waals surface area contributed by atoms with Crippen molar-refractivity contribution < 1.29 is 4.79 Å². The summed E-state index contributed by atoms with van der Waals surface area (Å²) in [6.45, 7) is 8.47. The summed E-state index contributed by atoms with van der Waals surface area (Å²) in [7, 11) is 0. The first kappa shape index (κ1) is 13.7. The molecule has 0 saturated carbocycles. The molecule has 1 aromatic rings. The van der Waals surface area contributed by atoms with Gasteiger partial charge in [0.1, 0.15) is 5.69 Å². The van der Waals surface area contributed by atoms with E-state index in [-0.39, 0.29) is 5.91 Å². The van der Waals surface area contributed by atoms with Crippen LogP contribution in [0.25, 0.3) is 0 Å². The number of aryl methyl sites for hydroxylation is 2. The number of carbonyl (C=O) groups is 1. The summed E-state index contributed by atoms with van der Waals surface area (Å²) in [6.07, 6.45) is 0.936. The molecule has 17 heavy (non-hydrogen) atoms. The highest BCUT2D eigenvalue weighted by Gasteiger charge is 2.18. The number of hydrogen-bond acceptors (Lipinski definition) is 3. The molecule has 0 radical (unpaired) electrons. The average Bonchev–Trinajstić information content (AvgIpc) is 2.69. The van der Waals surface area contributed by atoms with Gasteiger partial charge in [-0.05, 0) is 26.3 Å². The van der Waals surface area contributed by atoms with Crippen LogP contribution in [0.2, 0.25) is 0 Å². The quantitative estimate of drug-likeness (QED) is 0.805. The van der Waals surface area contributed by atoms with Gasteiger partial charge in [-0.25, -0.2) is 0 Å². The second kappa shape index (κ2) is 6.39. The second-order valence-electron chi connectivity index (χ2n) is 4.07. The minimum Gasteiger partial charge on any atom is -0.336 e. The smallest absolute Gasteiger partial charge is 0.272 e. The molecule has 0 spiro atoms. The molecule has 5 nitrogen and oxygen atoms in total. The summed E-state index contributed by atoms with van der Waals surface area (Å²) in [5.74, 6) is 0.0275. The molecule has 0 aliphatic carbocycles. The SMILES string of the molecule is CCCN(CCN)C(=O)c1cc(C)nn1CC. The highest BCUT2D eigenvalue weighted by Crippen LogP contribution is 2.08. The number of aromatic nitrogens is 2. The Morgan fingerprint density at radius 1 is 1.47 bits per heavy atom. The maximum absolute atomic E-state index is 12.3. The Morgan fingerprint density at radius 3 is 2.71 bits per heavy atom. The zero-order valence-electron chi connectivity index (χ0n) is 10.9. The zero-order chi connectivity index (χ0) is 12.8. The molecule has 1 amide bonds. The van der Waals surface area contributed by atoms with Crippen molar-refractivity contribution in [1.82, 2.24) is 14.7 Å². The van der Waals surface area contributed by atoms with Crippen molar-refractivity contribution in [2.75, 3.05) is 19.6 Å². The van der Waals surface area contributed by atoms with Crippen molar-refractivity contribution in [3.05, 3.63) is 17.5 Å². The fourth-order valence-corrected chi connectivity index (χ4v) is 1.86. The normalized spacial score (nSPS) is 10.6. The molecule has 1 aromatic heterocycles. The molecule has 0 aromatic carbocycles. The van der Waals surface area contributed by atoms with Crippen LogP contribution in [0, 0.1) is 6.92 Å². The molecule has 0 unspecified atom stereocenters. The van der Waals surface area contributed by atoms with Gasteiger partial charge in [0, 0.05) is 26.2 Å². The molecular formula is C12H22N4O. The van der Waals surface area contributed by atoms with E-state index >= 15 is 0 Å². The van der Waals surface area contributed by atoms with Crippen LogP contribution in [-0.4, -0.2) is 40.2 Å². The number of hydrogen-bond donors (Lipinski definition) is 1. The lowest BCUT2D eigenvalue weighted by Crippen LogP contribution is -2.37. The van der Waals surface area contributed by atoms with Crippen LogP contribution in [0.3, 0.4) is 0 Å². The van der Waals surface area contributed by atoms with Crippen LogP contribution in [-0.2, 0) is 6.54 Å².